The van der Waals surface area contributed by atoms with Crippen LogP contribution in [0.5, 0.6) is 5.88 Å². The van der Waals surface area contributed by atoms with E-state index in [4.69, 9.17) is 4.74 Å². The quantitative estimate of drug-likeness (QED) is 0.829. The lowest BCUT2D eigenvalue weighted by atomic mass is 10.0. The minimum absolute atomic E-state index is 0.736. The van der Waals surface area contributed by atoms with Gasteiger partial charge in [0, 0.05) is 58.9 Å². The highest BCUT2D eigenvalue weighted by Crippen LogP contribution is 2.26. The number of nitrogens with one attached hydrogen (secondary N) is 1. The Labute approximate surface area is 120 Å². The number of hydrogen-bond acceptors (Lipinski definition) is 5. The molecule has 6 nitrogen and oxygen atoms in total. The highest BCUT2D eigenvalue weighted by Gasteiger charge is 2.33. The molecule has 1 aromatic rings. The molecule has 0 aromatic carbocycles. The fourth-order valence-electron chi connectivity index (χ4n) is 3.29. The predicted octanol–water partition coefficient (Wildman–Crippen LogP) is -0.173. The lowest BCUT2D eigenvalue weighted by Crippen LogP contribution is -2.62. The molecular formula is C14H25N5O. The molecule has 2 saturated heterocycles. The number of piperazine rings is 1. The molecule has 112 valence electrons. The van der Waals surface area contributed by atoms with Crippen LogP contribution in [0, 0.1) is 6.92 Å². The molecule has 0 atom stereocenters. The van der Waals surface area contributed by atoms with Crippen LogP contribution in [0.1, 0.15) is 11.3 Å². The maximum absolute atomic E-state index is 5.46. The van der Waals surface area contributed by atoms with Crippen molar-refractivity contribution in [3.05, 3.63) is 11.3 Å². The molecule has 2 fully saturated rings. The van der Waals surface area contributed by atoms with Gasteiger partial charge in [0.2, 0.25) is 5.88 Å². The monoisotopic (exact) mass is 279 g/mol. The van der Waals surface area contributed by atoms with E-state index in [1.807, 2.05) is 11.7 Å². The van der Waals surface area contributed by atoms with Gasteiger partial charge in [-0.25, -0.2) is 4.68 Å². The summed E-state index contributed by atoms with van der Waals surface area (Å²) in [4.78, 5) is 5.10. The van der Waals surface area contributed by atoms with Gasteiger partial charge in [-0.1, -0.05) is 0 Å². The molecule has 1 N–H and O–H groups in total. The van der Waals surface area contributed by atoms with E-state index >= 15 is 0 Å². The Morgan fingerprint density at radius 2 is 2.00 bits per heavy atom. The zero-order valence-corrected chi connectivity index (χ0v) is 12.7. The van der Waals surface area contributed by atoms with Gasteiger partial charge < -0.3 is 10.1 Å². The van der Waals surface area contributed by atoms with Crippen molar-refractivity contribution < 1.29 is 4.74 Å². The summed E-state index contributed by atoms with van der Waals surface area (Å²) in [6.45, 7) is 9.98. The zero-order valence-electron chi connectivity index (χ0n) is 12.7. The summed E-state index contributed by atoms with van der Waals surface area (Å²) in [7, 11) is 3.66. The van der Waals surface area contributed by atoms with Crippen LogP contribution < -0.4 is 10.1 Å². The number of ether oxygens (including phenoxy) is 1. The Hall–Kier alpha value is -1.11. The third-order valence-corrected chi connectivity index (χ3v) is 4.47. The molecule has 3 heterocycles. The summed E-state index contributed by atoms with van der Waals surface area (Å²) in [5.41, 5.74) is 2.31. The molecule has 0 amide bonds. The summed E-state index contributed by atoms with van der Waals surface area (Å²) >= 11 is 0. The van der Waals surface area contributed by atoms with Gasteiger partial charge in [0.05, 0.1) is 18.4 Å². The summed E-state index contributed by atoms with van der Waals surface area (Å²) in [5.74, 6) is 0.896. The molecule has 3 rings (SSSR count). The fraction of sp³-hybridized carbons (Fsp3) is 0.786. The van der Waals surface area contributed by atoms with Crippen LogP contribution in [-0.4, -0.2) is 72.0 Å². The van der Waals surface area contributed by atoms with Crippen molar-refractivity contribution in [1.29, 1.82) is 0 Å². The Kier molecular flexibility index (Phi) is 3.96. The van der Waals surface area contributed by atoms with Gasteiger partial charge in [-0.2, -0.15) is 5.10 Å². The molecule has 0 aliphatic carbocycles. The minimum atomic E-state index is 0.736. The van der Waals surface area contributed by atoms with Crippen LogP contribution in [-0.2, 0) is 13.6 Å². The van der Waals surface area contributed by atoms with Crippen molar-refractivity contribution in [3.63, 3.8) is 0 Å². The number of aromatic nitrogens is 2. The highest BCUT2D eigenvalue weighted by molar-refractivity contribution is 5.31. The first-order valence-electron chi connectivity index (χ1n) is 7.42. The van der Waals surface area contributed by atoms with Crippen molar-refractivity contribution in [2.24, 2.45) is 7.05 Å². The topological polar surface area (TPSA) is 45.6 Å². The number of rotatable bonds is 4. The Balaban J connectivity index is 1.56. The second-order valence-electron chi connectivity index (χ2n) is 5.83. The molecular weight excluding hydrogens is 254 g/mol. The molecule has 0 bridgehead atoms. The van der Waals surface area contributed by atoms with Crippen LogP contribution in [0.3, 0.4) is 0 Å². The van der Waals surface area contributed by atoms with Crippen molar-refractivity contribution >= 4 is 0 Å². The molecule has 1 aromatic heterocycles. The maximum atomic E-state index is 5.46. The average molecular weight is 279 g/mol. The molecule has 0 saturated carbocycles. The Bertz CT molecular complexity index is 460. The Morgan fingerprint density at radius 3 is 2.65 bits per heavy atom. The summed E-state index contributed by atoms with van der Waals surface area (Å²) in [5, 5.41) is 7.86. The lowest BCUT2D eigenvalue weighted by molar-refractivity contribution is 0.0218. The van der Waals surface area contributed by atoms with Crippen LogP contribution in [0.2, 0.25) is 0 Å². The number of hydrogen-bond donors (Lipinski definition) is 1. The van der Waals surface area contributed by atoms with Crippen molar-refractivity contribution in [1.82, 2.24) is 24.9 Å². The average Bonchev–Trinajstić information content (AvgIpc) is 2.68. The Morgan fingerprint density at radius 1 is 1.30 bits per heavy atom. The van der Waals surface area contributed by atoms with Crippen LogP contribution in [0.15, 0.2) is 0 Å². The van der Waals surface area contributed by atoms with E-state index in [1.165, 1.54) is 18.7 Å². The van der Waals surface area contributed by atoms with Crippen LogP contribution >= 0.6 is 0 Å². The summed E-state index contributed by atoms with van der Waals surface area (Å²) < 4.78 is 7.30. The van der Waals surface area contributed by atoms with Gasteiger partial charge in [-0.3, -0.25) is 9.80 Å². The van der Waals surface area contributed by atoms with E-state index < -0.39 is 0 Å². The molecule has 6 heteroatoms. The second kappa shape index (κ2) is 5.71. The molecule has 0 unspecified atom stereocenters. The number of nitrogens with zero attached hydrogens (tertiary/aromatic N) is 4. The fourth-order valence-corrected chi connectivity index (χ4v) is 3.29. The molecule has 2 aliphatic rings. The molecule has 2 aliphatic heterocycles. The predicted molar refractivity (Wildman–Crippen MR) is 78.0 cm³/mol. The first-order chi connectivity index (χ1) is 9.69. The summed E-state index contributed by atoms with van der Waals surface area (Å²) in [6, 6.07) is 0.736. The van der Waals surface area contributed by atoms with E-state index in [-0.39, 0.29) is 0 Å². The van der Waals surface area contributed by atoms with E-state index in [2.05, 4.69) is 27.1 Å². The first kappa shape index (κ1) is 13.9. The third-order valence-electron chi connectivity index (χ3n) is 4.47. The van der Waals surface area contributed by atoms with Crippen molar-refractivity contribution in [2.75, 3.05) is 46.4 Å². The summed E-state index contributed by atoms with van der Waals surface area (Å²) in [6.07, 6.45) is 0. The van der Waals surface area contributed by atoms with Gasteiger partial charge in [0.25, 0.3) is 0 Å². The molecule has 0 spiro atoms. The van der Waals surface area contributed by atoms with E-state index in [0.717, 1.165) is 50.3 Å². The lowest BCUT2D eigenvalue weighted by Gasteiger charge is -2.46. The van der Waals surface area contributed by atoms with E-state index in [1.54, 1.807) is 7.11 Å². The van der Waals surface area contributed by atoms with E-state index in [0.29, 0.717) is 0 Å². The van der Waals surface area contributed by atoms with Gasteiger partial charge in [0.15, 0.2) is 0 Å². The van der Waals surface area contributed by atoms with Crippen LogP contribution in [0.25, 0.3) is 0 Å². The smallest absolute Gasteiger partial charge is 0.216 e. The van der Waals surface area contributed by atoms with E-state index in [9.17, 15) is 0 Å². The zero-order chi connectivity index (χ0) is 14.1. The third kappa shape index (κ3) is 2.55. The second-order valence-corrected chi connectivity index (χ2v) is 5.83. The normalized spacial score (nSPS) is 21.9. The number of aryl methyl sites for hydroxylation is 2. The first-order valence-corrected chi connectivity index (χ1v) is 7.42. The number of methoxy groups -OCH3 is 1. The minimum Gasteiger partial charge on any atom is -0.481 e. The van der Waals surface area contributed by atoms with Gasteiger partial charge in [-0.05, 0) is 6.92 Å². The van der Waals surface area contributed by atoms with Gasteiger partial charge in [0.1, 0.15) is 0 Å². The van der Waals surface area contributed by atoms with Crippen molar-refractivity contribution in [2.45, 2.75) is 19.5 Å². The van der Waals surface area contributed by atoms with Crippen LogP contribution in [0.4, 0.5) is 0 Å². The standard InChI is InChI=1S/C14H25N5O/c1-11-13(14(20-3)17(2)16-11)10-18-8-12(9-18)19-6-4-15-5-7-19/h12,15H,4-10H2,1-3H3. The number of likely N-dealkylation sites (tertiary alicyclic amines) is 1. The maximum Gasteiger partial charge on any atom is 0.216 e. The largest absolute Gasteiger partial charge is 0.481 e. The highest BCUT2D eigenvalue weighted by atomic mass is 16.5. The van der Waals surface area contributed by atoms with Crippen molar-refractivity contribution in [3.8, 4) is 5.88 Å². The van der Waals surface area contributed by atoms with Gasteiger partial charge in [-0.15, -0.1) is 0 Å². The SMILES string of the molecule is COc1c(CN2CC(N3CCNCC3)C2)c(C)nn1C. The van der Waals surface area contributed by atoms with Gasteiger partial charge >= 0.3 is 0 Å². The molecule has 20 heavy (non-hydrogen) atoms. The molecule has 0 radical (unpaired) electrons.